The van der Waals surface area contributed by atoms with Crippen LogP contribution < -0.4 is 4.74 Å². The summed E-state index contributed by atoms with van der Waals surface area (Å²) in [6, 6.07) is 12.4. The molecule has 0 aliphatic carbocycles. The zero-order chi connectivity index (χ0) is 26.3. The molecule has 4 aromatic rings. The van der Waals surface area contributed by atoms with Crippen LogP contribution in [0.5, 0.6) is 5.75 Å². The van der Waals surface area contributed by atoms with Crippen LogP contribution in [0.3, 0.4) is 0 Å². The summed E-state index contributed by atoms with van der Waals surface area (Å²) in [6.07, 6.45) is 3.59. The number of rotatable bonds is 6. The van der Waals surface area contributed by atoms with Crippen molar-refractivity contribution < 1.29 is 14.6 Å². The van der Waals surface area contributed by atoms with Crippen molar-refractivity contribution in [1.82, 2.24) is 24.9 Å². The van der Waals surface area contributed by atoms with E-state index in [0.717, 1.165) is 58.7 Å². The first-order chi connectivity index (χ1) is 17.6. The molecule has 2 aromatic carbocycles. The number of benzene rings is 2. The Hall–Kier alpha value is -3.78. The second kappa shape index (κ2) is 9.59. The van der Waals surface area contributed by atoms with Crippen LogP contribution in [0.4, 0.5) is 0 Å². The number of hydrogen-bond donors (Lipinski definition) is 1. The van der Waals surface area contributed by atoms with E-state index in [-0.39, 0.29) is 17.9 Å². The number of aliphatic carboxylic acids is 1. The van der Waals surface area contributed by atoms with Crippen LogP contribution in [0.1, 0.15) is 59.6 Å². The summed E-state index contributed by atoms with van der Waals surface area (Å²) in [6.45, 7) is 10.6. The zero-order valence-corrected chi connectivity index (χ0v) is 22.0. The normalized spacial score (nSPS) is 16.1. The summed E-state index contributed by atoms with van der Waals surface area (Å²) in [5, 5.41) is 18.3. The van der Waals surface area contributed by atoms with Crippen molar-refractivity contribution in [2.45, 2.75) is 58.7 Å². The highest BCUT2D eigenvalue weighted by molar-refractivity contribution is 5.80. The quantitative estimate of drug-likeness (QED) is 0.409. The Morgan fingerprint density at radius 3 is 2.78 bits per heavy atom. The molecule has 8 heteroatoms. The summed E-state index contributed by atoms with van der Waals surface area (Å²) < 4.78 is 8.01. The minimum Gasteiger partial charge on any atom is -0.485 e. The lowest BCUT2D eigenvalue weighted by molar-refractivity contribution is -0.137. The van der Waals surface area contributed by atoms with Crippen LogP contribution >= 0.6 is 0 Å². The predicted octanol–water partition coefficient (Wildman–Crippen LogP) is 4.76. The molecule has 0 fully saturated rings. The van der Waals surface area contributed by atoms with Crippen molar-refractivity contribution in [2.75, 3.05) is 6.54 Å². The molecule has 0 saturated heterocycles. The van der Waals surface area contributed by atoms with Gasteiger partial charge in [0.05, 0.1) is 18.1 Å². The monoisotopic (exact) mass is 499 g/mol. The van der Waals surface area contributed by atoms with Gasteiger partial charge in [0.1, 0.15) is 16.9 Å². The molecule has 1 N–H and O–H groups in total. The van der Waals surface area contributed by atoms with Crippen molar-refractivity contribution >= 4 is 17.0 Å². The number of carbonyl (C=O) groups is 1. The highest BCUT2D eigenvalue weighted by atomic mass is 16.5. The predicted molar refractivity (Wildman–Crippen MR) is 142 cm³/mol. The van der Waals surface area contributed by atoms with Crippen LogP contribution in [-0.2, 0) is 24.9 Å². The van der Waals surface area contributed by atoms with Crippen molar-refractivity contribution in [3.63, 3.8) is 0 Å². The second-order valence-electron chi connectivity index (χ2n) is 10.7. The van der Waals surface area contributed by atoms with Gasteiger partial charge in [-0.2, -0.15) is 0 Å². The molecule has 0 amide bonds. The summed E-state index contributed by atoms with van der Waals surface area (Å²) in [4.78, 5) is 18.6. The van der Waals surface area contributed by atoms with Gasteiger partial charge in [-0.25, -0.2) is 4.68 Å². The number of aromatic nitrogens is 4. The third-order valence-corrected chi connectivity index (χ3v) is 7.26. The molecule has 3 heterocycles. The highest BCUT2D eigenvalue weighted by Gasteiger charge is 2.30. The van der Waals surface area contributed by atoms with E-state index in [1.807, 2.05) is 32.2 Å². The van der Waals surface area contributed by atoms with E-state index < -0.39 is 5.97 Å². The maximum absolute atomic E-state index is 12.0. The van der Waals surface area contributed by atoms with Gasteiger partial charge in [-0.15, -0.1) is 5.10 Å². The van der Waals surface area contributed by atoms with E-state index >= 15 is 0 Å². The maximum atomic E-state index is 12.0. The summed E-state index contributed by atoms with van der Waals surface area (Å²) in [5.74, 6) is -0.293. The lowest BCUT2D eigenvalue weighted by Gasteiger charge is -2.30. The Morgan fingerprint density at radius 2 is 2.00 bits per heavy atom. The third-order valence-electron chi connectivity index (χ3n) is 7.26. The van der Waals surface area contributed by atoms with Crippen LogP contribution in [-0.4, -0.2) is 48.1 Å². The Labute approximate surface area is 216 Å². The second-order valence-corrected chi connectivity index (χ2v) is 10.7. The molecular formula is C29H33N5O3. The summed E-state index contributed by atoms with van der Waals surface area (Å²) in [5.41, 5.74) is 7.77. The molecule has 0 radical (unpaired) electrons. The SMILES string of the molecule is Cc1ccc([C@H](CC(=O)O)c2ccc3c(nnn3C)c2C)cc1CN1Cc2ccncc2OC(C)(C)C1. The van der Waals surface area contributed by atoms with Crippen LogP contribution in [0.2, 0.25) is 0 Å². The summed E-state index contributed by atoms with van der Waals surface area (Å²) >= 11 is 0. The standard InChI is InChI=1S/C29H33N5O3/c1-18-6-7-20(24(13-27(35)36)23-8-9-25-28(19(23)2)31-32-33(25)5)12-22(18)16-34-15-21-10-11-30-14-26(21)37-29(3,4)17-34/h6-12,14,24H,13,15-17H2,1-5H3,(H,35,36)/t24-/m0/s1. The molecule has 2 aromatic heterocycles. The first kappa shape index (κ1) is 24.9. The summed E-state index contributed by atoms with van der Waals surface area (Å²) in [7, 11) is 1.86. The molecule has 1 aliphatic heterocycles. The van der Waals surface area contributed by atoms with Crippen molar-refractivity contribution in [2.24, 2.45) is 7.05 Å². The minimum absolute atomic E-state index is 0.0000699. The van der Waals surface area contributed by atoms with Crippen LogP contribution in [0.15, 0.2) is 48.8 Å². The molecule has 37 heavy (non-hydrogen) atoms. The Kier molecular flexibility index (Phi) is 6.45. The maximum Gasteiger partial charge on any atom is 0.304 e. The first-order valence-corrected chi connectivity index (χ1v) is 12.6. The van der Waals surface area contributed by atoms with Crippen molar-refractivity contribution in [1.29, 1.82) is 0 Å². The van der Waals surface area contributed by atoms with Crippen LogP contribution in [0, 0.1) is 13.8 Å². The van der Waals surface area contributed by atoms with Gasteiger partial charge < -0.3 is 9.84 Å². The molecule has 0 unspecified atom stereocenters. The van der Waals surface area contributed by atoms with E-state index in [4.69, 9.17) is 4.74 Å². The van der Waals surface area contributed by atoms with Crippen molar-refractivity contribution in [3.05, 3.63) is 82.2 Å². The van der Waals surface area contributed by atoms with E-state index in [9.17, 15) is 9.90 Å². The van der Waals surface area contributed by atoms with E-state index in [1.165, 1.54) is 11.1 Å². The van der Waals surface area contributed by atoms with Gasteiger partial charge in [0.2, 0.25) is 0 Å². The van der Waals surface area contributed by atoms with Gasteiger partial charge in [0.15, 0.2) is 0 Å². The minimum atomic E-state index is -0.831. The van der Waals surface area contributed by atoms with Gasteiger partial charge in [-0.3, -0.25) is 14.7 Å². The zero-order valence-electron chi connectivity index (χ0n) is 22.0. The Morgan fingerprint density at radius 1 is 1.19 bits per heavy atom. The van der Waals surface area contributed by atoms with Gasteiger partial charge in [0.25, 0.3) is 0 Å². The average Bonchev–Trinajstić information content (AvgIpc) is 3.15. The number of pyridine rings is 1. The van der Waals surface area contributed by atoms with E-state index in [2.05, 4.69) is 59.2 Å². The first-order valence-electron chi connectivity index (χ1n) is 12.6. The van der Waals surface area contributed by atoms with Crippen molar-refractivity contribution in [3.8, 4) is 5.75 Å². The van der Waals surface area contributed by atoms with Gasteiger partial charge >= 0.3 is 5.97 Å². The number of nitrogens with zero attached hydrogens (tertiary/aromatic N) is 5. The highest BCUT2D eigenvalue weighted by Crippen LogP contribution is 2.35. The molecule has 0 spiro atoms. The number of ether oxygens (including phenoxy) is 1. The molecule has 1 aliphatic rings. The Bertz CT molecular complexity index is 1480. The van der Waals surface area contributed by atoms with E-state index in [1.54, 1.807) is 17.1 Å². The van der Waals surface area contributed by atoms with E-state index in [0.29, 0.717) is 0 Å². The number of aryl methyl sites for hydroxylation is 3. The number of carboxylic acids is 1. The largest absolute Gasteiger partial charge is 0.485 e. The number of hydrogen-bond acceptors (Lipinski definition) is 6. The molecule has 0 saturated carbocycles. The smallest absolute Gasteiger partial charge is 0.304 e. The van der Waals surface area contributed by atoms with Crippen LogP contribution in [0.25, 0.3) is 11.0 Å². The average molecular weight is 500 g/mol. The molecule has 0 bridgehead atoms. The fourth-order valence-electron chi connectivity index (χ4n) is 5.44. The molecule has 5 rings (SSSR count). The van der Waals surface area contributed by atoms with Gasteiger partial charge in [-0.1, -0.05) is 29.5 Å². The molecule has 1 atom stereocenters. The Balaban J connectivity index is 1.51. The fraction of sp³-hybridized carbons (Fsp3) is 0.379. The number of carboxylic acid groups (broad SMARTS) is 1. The lowest BCUT2D eigenvalue weighted by Crippen LogP contribution is -2.40. The fourth-order valence-corrected chi connectivity index (χ4v) is 5.44. The van der Waals surface area contributed by atoms with Gasteiger partial charge in [-0.05, 0) is 67.6 Å². The molecular weight excluding hydrogens is 466 g/mol. The third kappa shape index (κ3) is 5.06. The lowest BCUT2D eigenvalue weighted by atomic mass is 9.84. The molecule has 192 valence electrons. The topological polar surface area (TPSA) is 93.4 Å². The molecule has 8 nitrogen and oxygen atoms in total. The van der Waals surface area contributed by atoms with Gasteiger partial charge in [0, 0.05) is 44.4 Å². The number of fused-ring (bicyclic) bond motifs is 2.